The van der Waals surface area contributed by atoms with Crippen molar-refractivity contribution in [3.8, 4) is 0 Å². The summed E-state index contributed by atoms with van der Waals surface area (Å²) in [6.07, 6.45) is 0.545. The van der Waals surface area contributed by atoms with Gasteiger partial charge in [-0.15, -0.1) is 11.3 Å². The van der Waals surface area contributed by atoms with Gasteiger partial charge in [-0.25, -0.2) is 4.98 Å². The predicted octanol–water partition coefficient (Wildman–Crippen LogP) is 1.81. The Morgan fingerprint density at radius 2 is 1.94 bits per heavy atom. The number of non-ortho nitro benzene ring substituents is 1. The van der Waals surface area contributed by atoms with Crippen molar-refractivity contribution in [2.75, 3.05) is 30.8 Å². The number of nitro benzene ring substituents is 1. The number of ether oxygens (including phenoxy) is 1. The SMILES string of the molecule is CC(C)N(CC(=O)OCc1ccc([N+](=O)[O-])cc1)C(=O)c1csc(N2CC(OS(C)(=O)=O)C2)n1. The lowest BCUT2D eigenvalue weighted by Gasteiger charge is -2.37. The van der Waals surface area contributed by atoms with Crippen LogP contribution in [0.25, 0.3) is 0 Å². The number of thiazole rings is 1. The van der Waals surface area contributed by atoms with Crippen molar-refractivity contribution in [2.24, 2.45) is 0 Å². The molecule has 0 unspecified atom stereocenters. The van der Waals surface area contributed by atoms with Crippen molar-refractivity contribution in [1.82, 2.24) is 9.88 Å². The second kappa shape index (κ2) is 10.4. The number of amides is 1. The molecule has 0 atom stereocenters. The molecule has 0 N–H and O–H groups in total. The Hall–Kier alpha value is -3.10. The van der Waals surface area contributed by atoms with Gasteiger partial charge in [0, 0.05) is 36.6 Å². The second-order valence-electron chi connectivity index (χ2n) is 7.95. The first-order valence-electron chi connectivity index (χ1n) is 10.2. The van der Waals surface area contributed by atoms with Gasteiger partial charge in [-0.2, -0.15) is 8.42 Å². The summed E-state index contributed by atoms with van der Waals surface area (Å²) in [6.45, 7) is 3.84. The highest BCUT2D eigenvalue weighted by Gasteiger charge is 2.33. The van der Waals surface area contributed by atoms with E-state index >= 15 is 0 Å². The zero-order valence-electron chi connectivity index (χ0n) is 18.7. The smallest absolute Gasteiger partial charge is 0.325 e. The Bertz CT molecular complexity index is 1160. The number of aromatic nitrogens is 1. The number of nitrogens with zero attached hydrogens (tertiary/aromatic N) is 4. The predicted molar refractivity (Wildman–Crippen MR) is 123 cm³/mol. The lowest BCUT2D eigenvalue weighted by atomic mass is 10.2. The zero-order chi connectivity index (χ0) is 25.0. The third kappa shape index (κ3) is 6.71. The van der Waals surface area contributed by atoms with Crippen LogP contribution in [0, 0.1) is 10.1 Å². The second-order valence-corrected chi connectivity index (χ2v) is 10.4. The molecule has 1 aliphatic rings. The molecule has 1 aliphatic heterocycles. The summed E-state index contributed by atoms with van der Waals surface area (Å²) >= 11 is 1.24. The van der Waals surface area contributed by atoms with Crippen LogP contribution in [-0.2, 0) is 30.4 Å². The van der Waals surface area contributed by atoms with Crippen molar-refractivity contribution < 1.29 is 31.9 Å². The van der Waals surface area contributed by atoms with E-state index in [1.54, 1.807) is 24.1 Å². The summed E-state index contributed by atoms with van der Waals surface area (Å²) in [7, 11) is -3.53. The topological polar surface area (TPSA) is 149 Å². The van der Waals surface area contributed by atoms with E-state index in [1.807, 2.05) is 0 Å². The first kappa shape index (κ1) is 25.5. The fourth-order valence-corrected chi connectivity index (χ4v) is 4.54. The van der Waals surface area contributed by atoms with Gasteiger partial charge >= 0.3 is 5.97 Å². The maximum Gasteiger partial charge on any atom is 0.325 e. The number of anilines is 1. The van der Waals surface area contributed by atoms with E-state index < -0.39 is 33.0 Å². The van der Waals surface area contributed by atoms with Crippen molar-refractivity contribution in [3.05, 3.63) is 51.0 Å². The van der Waals surface area contributed by atoms with Crippen molar-refractivity contribution >= 4 is 44.2 Å². The average Bonchev–Trinajstić information content (AvgIpc) is 3.21. The molecule has 1 fully saturated rings. The molecule has 184 valence electrons. The van der Waals surface area contributed by atoms with Gasteiger partial charge in [-0.1, -0.05) is 0 Å². The zero-order valence-corrected chi connectivity index (χ0v) is 20.4. The summed E-state index contributed by atoms with van der Waals surface area (Å²) in [5, 5.41) is 12.9. The molecule has 12 nitrogen and oxygen atoms in total. The Balaban J connectivity index is 1.55. The molecule has 0 spiro atoms. The summed E-state index contributed by atoms with van der Waals surface area (Å²) in [5.74, 6) is -1.06. The van der Waals surface area contributed by atoms with E-state index in [0.717, 1.165) is 6.26 Å². The number of nitro groups is 1. The Labute approximate surface area is 200 Å². The van der Waals surface area contributed by atoms with E-state index in [1.165, 1.54) is 40.5 Å². The molecule has 1 saturated heterocycles. The molecule has 14 heteroatoms. The van der Waals surface area contributed by atoms with Crippen molar-refractivity contribution in [3.63, 3.8) is 0 Å². The van der Waals surface area contributed by atoms with Crippen LogP contribution in [0.1, 0.15) is 29.9 Å². The normalized spacial score (nSPS) is 14.1. The van der Waals surface area contributed by atoms with Crippen LogP contribution >= 0.6 is 11.3 Å². The molecule has 0 saturated carbocycles. The maximum absolute atomic E-state index is 13.0. The third-order valence-corrected chi connectivity index (χ3v) is 6.39. The van der Waals surface area contributed by atoms with E-state index in [2.05, 4.69) is 4.98 Å². The average molecular weight is 513 g/mol. The molecule has 0 bridgehead atoms. The quantitative estimate of drug-likeness (QED) is 0.200. The maximum atomic E-state index is 13.0. The van der Waals surface area contributed by atoms with Gasteiger partial charge in [0.2, 0.25) is 0 Å². The van der Waals surface area contributed by atoms with Crippen LogP contribution in [-0.4, -0.2) is 73.1 Å². The molecule has 0 radical (unpaired) electrons. The lowest BCUT2D eigenvalue weighted by Crippen LogP contribution is -2.53. The standard InChI is InChI=1S/C20H24N4O8S2/c1-13(2)23(10-18(25)31-11-14-4-6-15(7-5-14)24(27)28)19(26)17-12-33-20(21-17)22-8-16(9-22)32-34(3,29)30/h4-7,12-13,16H,8-11H2,1-3H3. The van der Waals surface area contributed by atoms with Crippen molar-refractivity contribution in [1.29, 1.82) is 0 Å². The molecule has 1 amide bonds. The molecular weight excluding hydrogens is 488 g/mol. The van der Waals surface area contributed by atoms with Gasteiger partial charge in [0.05, 0.1) is 11.2 Å². The number of carbonyl (C=O) groups is 2. The van der Waals surface area contributed by atoms with Crippen LogP contribution < -0.4 is 4.90 Å². The highest BCUT2D eigenvalue weighted by atomic mass is 32.2. The molecular formula is C20H24N4O8S2. The van der Waals surface area contributed by atoms with Gasteiger partial charge in [0.1, 0.15) is 24.9 Å². The Kier molecular flexibility index (Phi) is 7.84. The Morgan fingerprint density at radius 1 is 1.29 bits per heavy atom. The van der Waals surface area contributed by atoms with Gasteiger partial charge < -0.3 is 14.5 Å². The molecule has 2 aromatic rings. The van der Waals surface area contributed by atoms with Crippen LogP contribution in [0.5, 0.6) is 0 Å². The van der Waals surface area contributed by atoms with E-state index in [9.17, 15) is 28.1 Å². The van der Waals surface area contributed by atoms with Crippen LogP contribution in [0.4, 0.5) is 10.8 Å². The number of esters is 1. The van der Waals surface area contributed by atoms with Gasteiger partial charge in [-0.05, 0) is 31.5 Å². The molecule has 1 aromatic heterocycles. The fourth-order valence-electron chi connectivity index (χ4n) is 3.11. The molecule has 34 heavy (non-hydrogen) atoms. The number of hydrogen-bond acceptors (Lipinski definition) is 11. The van der Waals surface area contributed by atoms with Crippen LogP contribution in [0.2, 0.25) is 0 Å². The summed E-state index contributed by atoms with van der Waals surface area (Å²) in [4.78, 5) is 43.0. The molecule has 1 aromatic carbocycles. The number of benzene rings is 1. The van der Waals surface area contributed by atoms with E-state index in [4.69, 9.17) is 8.92 Å². The minimum atomic E-state index is -3.53. The van der Waals surface area contributed by atoms with E-state index in [0.29, 0.717) is 23.8 Å². The molecule has 3 rings (SSSR count). The van der Waals surface area contributed by atoms with Gasteiger partial charge in [0.15, 0.2) is 5.13 Å². The minimum absolute atomic E-state index is 0.0639. The molecule has 0 aliphatic carbocycles. The number of rotatable bonds is 10. The highest BCUT2D eigenvalue weighted by Crippen LogP contribution is 2.27. The van der Waals surface area contributed by atoms with Crippen LogP contribution in [0.15, 0.2) is 29.6 Å². The minimum Gasteiger partial charge on any atom is -0.459 e. The van der Waals surface area contributed by atoms with Crippen molar-refractivity contribution in [2.45, 2.75) is 32.6 Å². The van der Waals surface area contributed by atoms with E-state index in [-0.39, 0.29) is 30.6 Å². The molecule has 2 heterocycles. The van der Waals surface area contributed by atoms with Gasteiger partial charge in [-0.3, -0.25) is 23.9 Å². The van der Waals surface area contributed by atoms with Gasteiger partial charge in [0.25, 0.3) is 21.7 Å². The highest BCUT2D eigenvalue weighted by molar-refractivity contribution is 7.86. The fraction of sp³-hybridized carbons (Fsp3) is 0.450. The first-order valence-corrected chi connectivity index (χ1v) is 12.9. The number of carbonyl (C=O) groups excluding carboxylic acids is 2. The summed E-state index contributed by atoms with van der Waals surface area (Å²) in [5.41, 5.74) is 0.688. The largest absolute Gasteiger partial charge is 0.459 e. The first-order chi connectivity index (χ1) is 15.9. The third-order valence-electron chi connectivity index (χ3n) is 4.87. The van der Waals surface area contributed by atoms with Crippen LogP contribution in [0.3, 0.4) is 0 Å². The monoisotopic (exact) mass is 512 g/mol. The summed E-state index contributed by atoms with van der Waals surface area (Å²) < 4.78 is 32.5. The Morgan fingerprint density at radius 3 is 2.50 bits per heavy atom. The lowest BCUT2D eigenvalue weighted by molar-refractivity contribution is -0.384. The number of hydrogen-bond donors (Lipinski definition) is 0. The summed E-state index contributed by atoms with van der Waals surface area (Å²) in [6, 6.07) is 5.33.